The second-order valence-corrected chi connectivity index (χ2v) is 7.34. The van der Waals surface area contributed by atoms with Gasteiger partial charge in [0.15, 0.2) is 0 Å². The number of hydrogen-bond donors (Lipinski definition) is 2. The summed E-state index contributed by atoms with van der Waals surface area (Å²) in [4.78, 5) is 14.3. The van der Waals surface area contributed by atoms with Crippen molar-refractivity contribution in [2.75, 3.05) is 19.6 Å². The highest BCUT2D eigenvalue weighted by Crippen LogP contribution is 2.29. The zero-order chi connectivity index (χ0) is 15.6. The Morgan fingerprint density at radius 2 is 1.75 bits per heavy atom. The fourth-order valence-corrected chi connectivity index (χ4v) is 3.06. The number of carbonyl (C=O) groups is 1. The van der Waals surface area contributed by atoms with E-state index < -0.39 is 0 Å². The number of nitrogens with one attached hydrogen (secondary N) is 1. The predicted octanol–water partition coefficient (Wildman–Crippen LogP) is 1.12. The van der Waals surface area contributed by atoms with Crippen LogP contribution in [0.15, 0.2) is 0 Å². The Balaban J connectivity index is 2.71. The van der Waals surface area contributed by atoms with Crippen molar-refractivity contribution in [2.45, 2.75) is 71.2 Å². The van der Waals surface area contributed by atoms with E-state index in [0.717, 1.165) is 13.1 Å². The summed E-state index contributed by atoms with van der Waals surface area (Å²) in [6.07, 6.45) is 0.445. The largest absolute Gasteiger partial charge is 0.367 e. The summed E-state index contributed by atoms with van der Waals surface area (Å²) >= 11 is 0. The fourth-order valence-electron chi connectivity index (χ4n) is 3.06. The van der Waals surface area contributed by atoms with Gasteiger partial charge in [0, 0.05) is 38.1 Å². The molecule has 0 aromatic rings. The van der Waals surface area contributed by atoms with Crippen molar-refractivity contribution in [3.8, 4) is 0 Å². The van der Waals surface area contributed by atoms with E-state index in [4.69, 9.17) is 10.5 Å². The van der Waals surface area contributed by atoms with E-state index >= 15 is 0 Å². The molecule has 0 aromatic carbocycles. The molecule has 1 aliphatic heterocycles. The Kier molecular flexibility index (Phi) is 5.58. The Bertz CT molecular complexity index is 324. The van der Waals surface area contributed by atoms with Gasteiger partial charge in [0.05, 0.1) is 11.2 Å². The molecule has 0 aliphatic carbocycles. The zero-order valence-electron chi connectivity index (χ0n) is 13.8. The third-order valence-electron chi connectivity index (χ3n) is 3.38. The van der Waals surface area contributed by atoms with Crippen LogP contribution >= 0.6 is 0 Å². The van der Waals surface area contributed by atoms with Crippen LogP contribution in [0.5, 0.6) is 0 Å². The van der Waals surface area contributed by atoms with E-state index in [1.165, 1.54) is 0 Å². The number of amides is 1. The van der Waals surface area contributed by atoms with Gasteiger partial charge in [-0.05, 0) is 41.5 Å². The third kappa shape index (κ3) is 5.38. The van der Waals surface area contributed by atoms with Gasteiger partial charge in [-0.25, -0.2) is 0 Å². The van der Waals surface area contributed by atoms with Gasteiger partial charge in [0.25, 0.3) is 0 Å². The van der Waals surface area contributed by atoms with E-state index in [9.17, 15) is 4.79 Å². The summed E-state index contributed by atoms with van der Waals surface area (Å²) in [5.41, 5.74) is 5.46. The molecule has 5 heteroatoms. The summed E-state index contributed by atoms with van der Waals surface area (Å²) < 4.78 is 6.07. The molecular weight excluding hydrogens is 254 g/mol. The summed E-state index contributed by atoms with van der Waals surface area (Å²) in [7, 11) is 0. The minimum absolute atomic E-state index is 0.0659. The van der Waals surface area contributed by atoms with Gasteiger partial charge in [-0.3, -0.25) is 9.69 Å². The number of nitrogens with two attached hydrogens (primary N) is 1. The predicted molar refractivity (Wildman–Crippen MR) is 81.6 cm³/mol. The maximum atomic E-state index is 12.0. The summed E-state index contributed by atoms with van der Waals surface area (Å²) in [6, 6.07) is 0.231. The summed E-state index contributed by atoms with van der Waals surface area (Å²) in [5, 5.41) is 2.94. The molecule has 1 saturated heterocycles. The van der Waals surface area contributed by atoms with Crippen molar-refractivity contribution in [3.05, 3.63) is 0 Å². The third-order valence-corrected chi connectivity index (χ3v) is 3.38. The molecule has 1 fully saturated rings. The minimum Gasteiger partial charge on any atom is -0.367 e. The lowest BCUT2D eigenvalue weighted by Gasteiger charge is -2.49. The molecule has 1 atom stereocenters. The first kappa shape index (κ1) is 17.4. The lowest BCUT2D eigenvalue weighted by Crippen LogP contribution is -2.61. The lowest BCUT2D eigenvalue weighted by atomic mass is 9.96. The van der Waals surface area contributed by atoms with Crippen molar-refractivity contribution in [3.63, 3.8) is 0 Å². The van der Waals surface area contributed by atoms with Gasteiger partial charge in [-0.15, -0.1) is 0 Å². The van der Waals surface area contributed by atoms with Crippen LogP contribution in [0.25, 0.3) is 0 Å². The van der Waals surface area contributed by atoms with Crippen LogP contribution in [0.4, 0.5) is 0 Å². The van der Waals surface area contributed by atoms with Crippen LogP contribution in [0.3, 0.4) is 0 Å². The van der Waals surface area contributed by atoms with Gasteiger partial charge in [0.1, 0.15) is 0 Å². The van der Waals surface area contributed by atoms with Crippen molar-refractivity contribution >= 4 is 5.91 Å². The Morgan fingerprint density at radius 1 is 1.25 bits per heavy atom. The number of rotatable bonds is 5. The van der Waals surface area contributed by atoms with Gasteiger partial charge in [0.2, 0.25) is 5.91 Å². The van der Waals surface area contributed by atoms with Gasteiger partial charge < -0.3 is 15.8 Å². The fraction of sp³-hybridized carbons (Fsp3) is 0.933. The Morgan fingerprint density at radius 3 is 2.15 bits per heavy atom. The highest BCUT2D eigenvalue weighted by molar-refractivity contribution is 5.76. The molecule has 20 heavy (non-hydrogen) atoms. The normalized spacial score (nSPS) is 23.6. The highest BCUT2D eigenvalue weighted by Gasteiger charge is 2.40. The van der Waals surface area contributed by atoms with Gasteiger partial charge in [-0.1, -0.05) is 0 Å². The Labute approximate surface area is 123 Å². The molecule has 0 bridgehead atoms. The molecule has 1 heterocycles. The molecule has 1 amide bonds. The van der Waals surface area contributed by atoms with Crippen molar-refractivity contribution in [2.24, 2.45) is 5.73 Å². The highest BCUT2D eigenvalue weighted by atomic mass is 16.5. The van der Waals surface area contributed by atoms with Crippen LogP contribution < -0.4 is 11.1 Å². The quantitative estimate of drug-likeness (QED) is 0.794. The summed E-state index contributed by atoms with van der Waals surface area (Å²) in [5.74, 6) is 0.0672. The maximum Gasteiger partial charge on any atom is 0.221 e. The maximum absolute atomic E-state index is 12.0. The second kappa shape index (κ2) is 6.41. The Hall–Kier alpha value is -0.650. The van der Waals surface area contributed by atoms with E-state index in [1.54, 1.807) is 0 Å². The first-order chi connectivity index (χ1) is 9.04. The van der Waals surface area contributed by atoms with Crippen LogP contribution in [0.1, 0.15) is 48.0 Å². The molecule has 5 nitrogen and oxygen atoms in total. The molecule has 1 unspecified atom stereocenters. The first-order valence-corrected chi connectivity index (χ1v) is 7.48. The van der Waals surface area contributed by atoms with Crippen LogP contribution in [-0.2, 0) is 9.53 Å². The number of hydrogen-bond acceptors (Lipinski definition) is 4. The molecule has 0 aromatic heterocycles. The van der Waals surface area contributed by atoms with Crippen LogP contribution in [-0.4, -0.2) is 53.7 Å². The van der Waals surface area contributed by atoms with Gasteiger partial charge >= 0.3 is 0 Å². The standard InChI is InChI=1S/C15H31N3O2/c1-11(2)17-13(19)7-12(8-16)18-9-14(3,4)20-15(5,6)10-18/h11-12H,7-10,16H2,1-6H3,(H,17,19). The molecule has 118 valence electrons. The number of nitrogens with zero attached hydrogens (tertiary/aromatic N) is 1. The number of morpholine rings is 1. The van der Waals surface area contributed by atoms with E-state index in [-0.39, 0.29) is 29.2 Å². The number of ether oxygens (including phenoxy) is 1. The monoisotopic (exact) mass is 285 g/mol. The molecule has 0 saturated carbocycles. The van der Waals surface area contributed by atoms with Gasteiger partial charge in [-0.2, -0.15) is 0 Å². The summed E-state index contributed by atoms with van der Waals surface area (Å²) in [6.45, 7) is 14.4. The van der Waals surface area contributed by atoms with Crippen molar-refractivity contribution < 1.29 is 9.53 Å². The smallest absolute Gasteiger partial charge is 0.221 e. The zero-order valence-corrected chi connectivity index (χ0v) is 13.8. The topological polar surface area (TPSA) is 67.6 Å². The minimum atomic E-state index is -0.219. The van der Waals surface area contributed by atoms with Crippen LogP contribution in [0.2, 0.25) is 0 Å². The second-order valence-electron chi connectivity index (χ2n) is 7.34. The average Bonchev–Trinajstić information content (AvgIpc) is 2.20. The first-order valence-electron chi connectivity index (χ1n) is 7.48. The van der Waals surface area contributed by atoms with Crippen molar-refractivity contribution in [1.82, 2.24) is 10.2 Å². The van der Waals surface area contributed by atoms with E-state index in [0.29, 0.717) is 13.0 Å². The number of carbonyl (C=O) groups excluding carboxylic acids is 1. The average molecular weight is 285 g/mol. The molecule has 1 aliphatic rings. The van der Waals surface area contributed by atoms with Crippen molar-refractivity contribution in [1.29, 1.82) is 0 Å². The molecule has 1 rings (SSSR count). The van der Waals surface area contributed by atoms with E-state index in [2.05, 4.69) is 37.9 Å². The molecule has 0 spiro atoms. The lowest BCUT2D eigenvalue weighted by molar-refractivity contribution is -0.188. The molecule has 0 radical (unpaired) electrons. The van der Waals surface area contributed by atoms with E-state index in [1.807, 2.05) is 13.8 Å². The SMILES string of the molecule is CC(C)NC(=O)CC(CN)N1CC(C)(C)OC(C)(C)C1. The molecule has 3 N–H and O–H groups in total. The molecular formula is C15H31N3O2. The van der Waals surface area contributed by atoms with Crippen LogP contribution in [0, 0.1) is 0 Å².